The van der Waals surface area contributed by atoms with Crippen LogP contribution in [-0.4, -0.2) is 26.2 Å². The van der Waals surface area contributed by atoms with Crippen LogP contribution in [0.25, 0.3) is 0 Å². The zero-order valence-electron chi connectivity index (χ0n) is 22.3. The van der Waals surface area contributed by atoms with Crippen molar-refractivity contribution in [3.05, 3.63) is 111 Å². The number of rotatable bonds is 7. The van der Waals surface area contributed by atoms with Gasteiger partial charge < -0.3 is 14.8 Å². The standard InChI is InChI=1S/C30H30BrN5O3/c1-19-26(28(37)39-18-20-8-6-5-7-9-20)27(36-29(32-19)33-34-35-36)24-16-23(31)14-15-25(24)38-17-21-10-12-22(13-11-21)30(2,3)4/h5-16,27H,17-18H2,1-4H3,(H,32,33,35). The van der Waals surface area contributed by atoms with Crippen molar-refractivity contribution in [1.29, 1.82) is 0 Å². The average Bonchev–Trinajstić information content (AvgIpc) is 3.38. The van der Waals surface area contributed by atoms with Crippen molar-refractivity contribution in [2.45, 2.75) is 52.4 Å². The smallest absolute Gasteiger partial charge is 0.338 e. The molecule has 0 aliphatic carbocycles. The summed E-state index contributed by atoms with van der Waals surface area (Å²) in [4.78, 5) is 13.5. The van der Waals surface area contributed by atoms with Crippen LogP contribution >= 0.6 is 15.9 Å². The SMILES string of the molecule is CC1=C(C(=O)OCc2ccccc2)C(c2cc(Br)ccc2OCc2ccc(C(C)(C)C)cc2)n2nnnc2N1. The van der Waals surface area contributed by atoms with Crippen LogP contribution in [0.1, 0.15) is 56.0 Å². The third kappa shape index (κ3) is 5.88. The highest BCUT2D eigenvalue weighted by molar-refractivity contribution is 9.10. The van der Waals surface area contributed by atoms with Gasteiger partial charge in [-0.3, -0.25) is 0 Å². The maximum atomic E-state index is 13.5. The summed E-state index contributed by atoms with van der Waals surface area (Å²) in [6.45, 7) is 8.91. The minimum atomic E-state index is -0.657. The molecule has 1 atom stereocenters. The van der Waals surface area contributed by atoms with Gasteiger partial charge in [0.2, 0.25) is 5.95 Å². The lowest BCUT2D eigenvalue weighted by molar-refractivity contribution is -0.140. The van der Waals surface area contributed by atoms with Gasteiger partial charge in [0.05, 0.1) is 5.57 Å². The molecule has 200 valence electrons. The number of ether oxygens (including phenoxy) is 2. The summed E-state index contributed by atoms with van der Waals surface area (Å²) in [5.74, 6) is 0.590. The molecule has 0 saturated heterocycles. The van der Waals surface area contributed by atoms with Gasteiger partial charge in [-0.1, -0.05) is 96.4 Å². The minimum Gasteiger partial charge on any atom is -0.489 e. The maximum Gasteiger partial charge on any atom is 0.338 e. The van der Waals surface area contributed by atoms with Crippen LogP contribution in [-0.2, 0) is 28.2 Å². The first-order chi connectivity index (χ1) is 18.7. The van der Waals surface area contributed by atoms with Gasteiger partial charge >= 0.3 is 5.97 Å². The number of anilines is 1. The van der Waals surface area contributed by atoms with E-state index in [0.717, 1.165) is 21.2 Å². The van der Waals surface area contributed by atoms with E-state index in [-0.39, 0.29) is 12.0 Å². The summed E-state index contributed by atoms with van der Waals surface area (Å²) >= 11 is 3.59. The first-order valence-electron chi connectivity index (χ1n) is 12.7. The number of nitrogens with zero attached hydrogens (tertiary/aromatic N) is 4. The van der Waals surface area contributed by atoms with E-state index >= 15 is 0 Å². The number of aromatic nitrogens is 4. The van der Waals surface area contributed by atoms with Crippen molar-refractivity contribution in [3.63, 3.8) is 0 Å². The largest absolute Gasteiger partial charge is 0.489 e. The molecule has 1 N–H and O–H groups in total. The number of hydrogen-bond donors (Lipinski definition) is 1. The molecule has 0 spiro atoms. The Labute approximate surface area is 236 Å². The Balaban J connectivity index is 1.46. The van der Waals surface area contributed by atoms with Crippen molar-refractivity contribution in [3.8, 4) is 5.75 Å². The number of hydrogen-bond acceptors (Lipinski definition) is 7. The van der Waals surface area contributed by atoms with E-state index in [1.807, 2.05) is 55.5 Å². The van der Waals surface area contributed by atoms with Crippen molar-refractivity contribution < 1.29 is 14.3 Å². The molecule has 0 fully saturated rings. The molecule has 0 amide bonds. The van der Waals surface area contributed by atoms with Crippen molar-refractivity contribution in [2.75, 3.05) is 5.32 Å². The van der Waals surface area contributed by atoms with Crippen molar-refractivity contribution >= 4 is 27.8 Å². The van der Waals surface area contributed by atoms with Crippen LogP contribution in [0, 0.1) is 0 Å². The van der Waals surface area contributed by atoms with Crippen LogP contribution in [0.3, 0.4) is 0 Å². The molecular formula is C30H30BrN5O3. The summed E-state index contributed by atoms with van der Waals surface area (Å²) in [5, 5.41) is 15.3. The van der Waals surface area contributed by atoms with Crippen LogP contribution < -0.4 is 10.1 Å². The van der Waals surface area contributed by atoms with Gasteiger partial charge in [0.25, 0.3) is 0 Å². The van der Waals surface area contributed by atoms with Gasteiger partial charge in [-0.15, -0.1) is 0 Å². The second-order valence-electron chi connectivity index (χ2n) is 10.5. The molecule has 39 heavy (non-hydrogen) atoms. The third-order valence-corrected chi connectivity index (χ3v) is 7.12. The number of esters is 1. The first kappa shape index (κ1) is 26.6. The first-order valence-corrected chi connectivity index (χ1v) is 13.5. The third-order valence-electron chi connectivity index (χ3n) is 6.63. The molecule has 8 nitrogen and oxygen atoms in total. The molecular weight excluding hydrogens is 558 g/mol. The Hall–Kier alpha value is -3.98. The number of carbonyl (C=O) groups excluding carboxylic acids is 1. The molecule has 5 rings (SSSR count). The normalized spacial score (nSPS) is 14.9. The van der Waals surface area contributed by atoms with E-state index in [1.54, 1.807) is 4.68 Å². The highest BCUT2D eigenvalue weighted by Crippen LogP contribution is 2.40. The molecule has 1 unspecified atom stereocenters. The summed E-state index contributed by atoms with van der Waals surface area (Å²) < 4.78 is 14.5. The van der Waals surface area contributed by atoms with Crippen LogP contribution in [0.5, 0.6) is 5.75 Å². The molecule has 9 heteroatoms. The zero-order chi connectivity index (χ0) is 27.6. The van der Waals surface area contributed by atoms with E-state index < -0.39 is 12.0 Å². The number of carbonyl (C=O) groups is 1. The minimum absolute atomic E-state index is 0.0759. The Morgan fingerprint density at radius 3 is 2.44 bits per heavy atom. The molecule has 4 aromatic rings. The van der Waals surface area contributed by atoms with Gasteiger partial charge in [0.1, 0.15) is 25.0 Å². The fourth-order valence-corrected chi connectivity index (χ4v) is 4.87. The zero-order valence-corrected chi connectivity index (χ0v) is 23.9. The molecule has 0 bridgehead atoms. The van der Waals surface area contributed by atoms with E-state index in [4.69, 9.17) is 9.47 Å². The maximum absolute atomic E-state index is 13.5. The molecule has 3 aromatic carbocycles. The van der Waals surface area contributed by atoms with Crippen LogP contribution in [0.4, 0.5) is 5.95 Å². The molecule has 0 radical (unpaired) electrons. The van der Waals surface area contributed by atoms with Gasteiger partial charge in [-0.25, -0.2) is 4.79 Å². The fourth-order valence-electron chi connectivity index (χ4n) is 4.49. The topological polar surface area (TPSA) is 91.2 Å². The summed E-state index contributed by atoms with van der Waals surface area (Å²) in [7, 11) is 0. The average molecular weight is 589 g/mol. The van der Waals surface area contributed by atoms with E-state index in [2.05, 4.69) is 81.8 Å². The summed E-state index contributed by atoms with van der Waals surface area (Å²) in [6.07, 6.45) is 0. The Bertz CT molecular complexity index is 1510. The lowest BCUT2D eigenvalue weighted by Gasteiger charge is -2.28. The molecule has 2 heterocycles. The predicted octanol–water partition coefficient (Wildman–Crippen LogP) is 6.34. The lowest BCUT2D eigenvalue weighted by atomic mass is 9.87. The molecule has 1 aromatic heterocycles. The van der Waals surface area contributed by atoms with Crippen molar-refractivity contribution in [2.24, 2.45) is 0 Å². The van der Waals surface area contributed by atoms with Crippen LogP contribution in [0.2, 0.25) is 0 Å². The quantitative estimate of drug-likeness (QED) is 0.252. The number of tetrazole rings is 1. The Kier molecular flexibility index (Phi) is 7.52. The van der Waals surface area contributed by atoms with Crippen molar-refractivity contribution in [1.82, 2.24) is 20.2 Å². The van der Waals surface area contributed by atoms with Gasteiger partial charge in [-0.05, 0) is 57.7 Å². The van der Waals surface area contributed by atoms with E-state index in [9.17, 15) is 4.79 Å². The highest BCUT2D eigenvalue weighted by atomic mass is 79.9. The number of fused-ring (bicyclic) bond motifs is 1. The van der Waals surface area contributed by atoms with Gasteiger partial charge in [-0.2, -0.15) is 4.68 Å². The number of nitrogens with one attached hydrogen (secondary N) is 1. The van der Waals surface area contributed by atoms with Gasteiger partial charge in [0, 0.05) is 15.7 Å². The number of benzene rings is 3. The number of allylic oxidation sites excluding steroid dienone is 1. The monoisotopic (exact) mass is 587 g/mol. The van der Waals surface area contributed by atoms with E-state index in [0.29, 0.717) is 29.6 Å². The summed E-state index contributed by atoms with van der Waals surface area (Å²) in [6, 6.07) is 23.1. The summed E-state index contributed by atoms with van der Waals surface area (Å²) in [5.41, 5.74) is 5.03. The molecule has 1 aliphatic heterocycles. The number of halogens is 1. The Morgan fingerprint density at radius 2 is 1.72 bits per heavy atom. The predicted molar refractivity (Wildman–Crippen MR) is 152 cm³/mol. The van der Waals surface area contributed by atoms with Gasteiger partial charge in [0.15, 0.2) is 0 Å². The second-order valence-corrected chi connectivity index (χ2v) is 11.4. The second kappa shape index (κ2) is 11.0. The van der Waals surface area contributed by atoms with E-state index in [1.165, 1.54) is 5.56 Å². The van der Waals surface area contributed by atoms with Crippen LogP contribution in [0.15, 0.2) is 88.5 Å². The molecule has 1 aliphatic rings. The fraction of sp³-hybridized carbons (Fsp3) is 0.267. The molecule has 0 saturated carbocycles. The Morgan fingerprint density at radius 1 is 1.00 bits per heavy atom. The lowest BCUT2D eigenvalue weighted by Crippen LogP contribution is -2.30. The highest BCUT2D eigenvalue weighted by Gasteiger charge is 2.37.